The third-order valence-electron chi connectivity index (χ3n) is 3.63. The summed E-state index contributed by atoms with van der Waals surface area (Å²) in [4.78, 5) is 15.7. The molecule has 0 aromatic carbocycles. The minimum Gasteiger partial charge on any atom is -0.378 e. The fraction of sp³-hybridized carbons (Fsp3) is 0.231. The first-order chi connectivity index (χ1) is 10.7. The van der Waals surface area contributed by atoms with Crippen LogP contribution in [0.2, 0.25) is 0 Å². The minimum atomic E-state index is -0.533. The van der Waals surface area contributed by atoms with Gasteiger partial charge in [-0.3, -0.25) is 0 Å². The molecule has 0 saturated heterocycles. The smallest absolute Gasteiger partial charge is 0.229 e. The highest BCUT2D eigenvalue weighted by Crippen LogP contribution is 2.45. The number of nitrogens with two attached hydrogens (primary N) is 1. The van der Waals surface area contributed by atoms with Crippen molar-refractivity contribution in [1.82, 2.24) is 14.3 Å². The molecular weight excluding hydrogens is 323 g/mol. The van der Waals surface area contributed by atoms with Crippen molar-refractivity contribution in [2.24, 2.45) is 10.7 Å². The van der Waals surface area contributed by atoms with Crippen molar-refractivity contribution in [2.45, 2.75) is 5.54 Å². The average molecular weight is 334 g/mol. The molecule has 2 aromatic rings. The van der Waals surface area contributed by atoms with E-state index in [-0.39, 0.29) is 0 Å². The number of hydrogen-bond donors (Lipinski definition) is 1. The molecule has 0 unspecified atom stereocenters. The first kappa shape index (κ1) is 13.6. The molecule has 2 aliphatic heterocycles. The normalized spacial score (nSPS) is 24.0. The summed E-state index contributed by atoms with van der Waals surface area (Å²) in [5.74, 6) is 0.749. The molecule has 0 aliphatic carbocycles. The van der Waals surface area contributed by atoms with Gasteiger partial charge in [0, 0.05) is 18.1 Å². The van der Waals surface area contributed by atoms with Gasteiger partial charge in [-0.25, -0.2) is 23.7 Å². The molecule has 2 aromatic heterocycles. The number of anilines is 1. The van der Waals surface area contributed by atoms with Crippen LogP contribution in [0, 0.1) is 5.82 Å². The molecule has 0 amide bonds. The Balaban J connectivity index is 1.78. The van der Waals surface area contributed by atoms with Gasteiger partial charge >= 0.3 is 0 Å². The van der Waals surface area contributed by atoms with Crippen LogP contribution in [0.3, 0.4) is 0 Å². The lowest BCUT2D eigenvalue weighted by molar-refractivity contribution is 0.574. The van der Waals surface area contributed by atoms with Gasteiger partial charge in [-0.05, 0) is 23.2 Å². The zero-order valence-electron chi connectivity index (χ0n) is 11.3. The van der Waals surface area contributed by atoms with Crippen LogP contribution in [0.5, 0.6) is 0 Å². The zero-order chi connectivity index (χ0) is 15.2. The summed E-state index contributed by atoms with van der Waals surface area (Å²) in [6.45, 7) is 0.539. The maximum absolute atomic E-state index is 13.0. The van der Waals surface area contributed by atoms with Gasteiger partial charge in [0.25, 0.3) is 0 Å². The molecule has 112 valence electrons. The van der Waals surface area contributed by atoms with Gasteiger partial charge in [0.1, 0.15) is 5.54 Å². The van der Waals surface area contributed by atoms with E-state index in [4.69, 9.17) is 10.7 Å². The molecule has 0 bridgehead atoms. The monoisotopic (exact) mass is 334 g/mol. The third-order valence-corrected chi connectivity index (χ3v) is 5.37. The van der Waals surface area contributed by atoms with Gasteiger partial charge in [-0.15, -0.1) is 0 Å². The molecule has 2 N–H and O–H groups in total. The molecule has 9 heteroatoms. The summed E-state index contributed by atoms with van der Waals surface area (Å²) >= 11 is 2.91. The van der Waals surface area contributed by atoms with E-state index in [2.05, 4.69) is 14.3 Å². The van der Waals surface area contributed by atoms with E-state index in [1.54, 1.807) is 6.20 Å². The van der Waals surface area contributed by atoms with Crippen LogP contribution in [0.4, 0.5) is 10.3 Å². The molecule has 0 saturated carbocycles. The summed E-state index contributed by atoms with van der Waals surface area (Å²) in [7, 11) is 0. The van der Waals surface area contributed by atoms with Crippen molar-refractivity contribution < 1.29 is 4.39 Å². The predicted molar refractivity (Wildman–Crippen MR) is 85.3 cm³/mol. The summed E-state index contributed by atoms with van der Waals surface area (Å²) in [5, 5.41) is 0.562. The molecular formula is C13H11FN6S2. The molecule has 0 spiro atoms. The zero-order valence-corrected chi connectivity index (χ0v) is 12.9. The third kappa shape index (κ3) is 2.08. The number of nitrogens with zero attached hydrogens (tertiary/aromatic N) is 5. The number of halogens is 1. The van der Waals surface area contributed by atoms with Crippen molar-refractivity contribution in [3.05, 3.63) is 47.1 Å². The Morgan fingerprint density at radius 2 is 2.14 bits per heavy atom. The van der Waals surface area contributed by atoms with Crippen LogP contribution >= 0.6 is 23.3 Å². The lowest BCUT2D eigenvalue weighted by atomic mass is 9.92. The standard InChI is InChI=1S/C13H11FN6S2/c14-9-3-16-12(17-4-9)20-5-8-6-21-11(15)19-13(8,7-20)10-1-2-18-22-10/h1-5H,6-7H2,(H2,15,19)/t13-/m0/s1. The van der Waals surface area contributed by atoms with Crippen LogP contribution in [-0.4, -0.2) is 31.8 Å². The molecule has 2 aliphatic rings. The summed E-state index contributed by atoms with van der Waals surface area (Å²) in [6, 6.07) is 1.96. The quantitative estimate of drug-likeness (QED) is 0.901. The Labute approximate surface area is 134 Å². The highest BCUT2D eigenvalue weighted by Gasteiger charge is 2.46. The van der Waals surface area contributed by atoms with E-state index in [0.717, 1.165) is 28.6 Å². The Kier molecular flexibility index (Phi) is 3.12. The van der Waals surface area contributed by atoms with E-state index < -0.39 is 11.4 Å². The Morgan fingerprint density at radius 3 is 2.86 bits per heavy atom. The fourth-order valence-corrected chi connectivity index (χ4v) is 4.21. The number of amidine groups is 1. The van der Waals surface area contributed by atoms with Crippen molar-refractivity contribution in [1.29, 1.82) is 0 Å². The number of hydrogen-bond acceptors (Lipinski definition) is 8. The van der Waals surface area contributed by atoms with Gasteiger partial charge in [0.05, 0.1) is 23.8 Å². The van der Waals surface area contributed by atoms with Gasteiger partial charge in [0.2, 0.25) is 5.95 Å². The van der Waals surface area contributed by atoms with Gasteiger partial charge in [-0.1, -0.05) is 11.8 Å². The molecule has 4 rings (SSSR count). The van der Waals surface area contributed by atoms with E-state index in [1.807, 2.05) is 17.2 Å². The van der Waals surface area contributed by atoms with Crippen LogP contribution in [0.15, 0.2) is 41.4 Å². The lowest BCUT2D eigenvalue weighted by Gasteiger charge is -2.30. The summed E-state index contributed by atoms with van der Waals surface area (Å²) < 4.78 is 17.2. The second kappa shape index (κ2) is 5.03. The fourth-order valence-electron chi connectivity index (χ4n) is 2.63. The first-order valence-corrected chi connectivity index (χ1v) is 8.28. The second-order valence-corrected chi connectivity index (χ2v) is 6.79. The second-order valence-electron chi connectivity index (χ2n) is 4.96. The summed E-state index contributed by atoms with van der Waals surface area (Å²) in [5.41, 5.74) is 6.55. The minimum absolute atomic E-state index is 0.450. The lowest BCUT2D eigenvalue weighted by Crippen LogP contribution is -2.37. The topological polar surface area (TPSA) is 80.3 Å². The number of rotatable bonds is 2. The largest absolute Gasteiger partial charge is 0.378 e. The number of aliphatic imine (C=N–C) groups is 1. The molecule has 22 heavy (non-hydrogen) atoms. The number of aromatic nitrogens is 3. The van der Waals surface area contributed by atoms with E-state index in [0.29, 0.717) is 17.7 Å². The summed E-state index contributed by atoms with van der Waals surface area (Å²) in [6.07, 6.45) is 6.07. The molecule has 1 atom stereocenters. The Morgan fingerprint density at radius 1 is 1.32 bits per heavy atom. The Hall–Kier alpha value is -2.00. The van der Waals surface area contributed by atoms with E-state index in [1.165, 1.54) is 23.3 Å². The molecule has 0 radical (unpaired) electrons. The highest BCUT2D eigenvalue weighted by atomic mass is 32.2. The van der Waals surface area contributed by atoms with Crippen molar-refractivity contribution >= 4 is 34.4 Å². The van der Waals surface area contributed by atoms with Gasteiger partial charge in [-0.2, -0.15) is 0 Å². The molecule has 0 fully saturated rings. The average Bonchev–Trinajstić information content (AvgIpc) is 3.15. The van der Waals surface area contributed by atoms with E-state index >= 15 is 0 Å². The predicted octanol–water partition coefficient (Wildman–Crippen LogP) is 1.73. The van der Waals surface area contributed by atoms with Gasteiger partial charge in [0.15, 0.2) is 11.0 Å². The van der Waals surface area contributed by atoms with E-state index in [9.17, 15) is 4.39 Å². The van der Waals surface area contributed by atoms with Crippen molar-refractivity contribution in [2.75, 3.05) is 17.2 Å². The SMILES string of the molecule is NC1=N[C@@]2(c3ccns3)CN(c3ncc(F)cn3)C=C2CS1. The maximum Gasteiger partial charge on any atom is 0.229 e. The number of fused-ring (bicyclic) bond motifs is 1. The number of thioether (sulfide) groups is 1. The highest BCUT2D eigenvalue weighted by molar-refractivity contribution is 8.14. The van der Waals surface area contributed by atoms with Crippen LogP contribution in [0.25, 0.3) is 0 Å². The van der Waals surface area contributed by atoms with Crippen molar-refractivity contribution in [3.63, 3.8) is 0 Å². The maximum atomic E-state index is 13.0. The van der Waals surface area contributed by atoms with Crippen LogP contribution < -0.4 is 10.6 Å². The molecule has 6 nitrogen and oxygen atoms in total. The van der Waals surface area contributed by atoms with Crippen molar-refractivity contribution in [3.8, 4) is 0 Å². The van der Waals surface area contributed by atoms with Crippen LogP contribution in [0.1, 0.15) is 4.88 Å². The Bertz CT molecular complexity index is 757. The first-order valence-electron chi connectivity index (χ1n) is 6.52. The molecule has 4 heterocycles. The van der Waals surface area contributed by atoms with Crippen LogP contribution in [-0.2, 0) is 5.54 Å². The van der Waals surface area contributed by atoms with Gasteiger partial charge < -0.3 is 10.6 Å².